The molecule has 0 bridgehead atoms. The number of carbonyl (C=O) groups excluding carboxylic acids is 1. The highest BCUT2D eigenvalue weighted by molar-refractivity contribution is 7.80. The van der Waals surface area contributed by atoms with Crippen molar-refractivity contribution in [3.63, 3.8) is 0 Å². The lowest BCUT2D eigenvalue weighted by Crippen LogP contribution is -2.34. The van der Waals surface area contributed by atoms with E-state index in [1.165, 1.54) is 12.3 Å². The molecule has 2 aromatic rings. The standard InChI is InChI=1S/C15H13N3O4S/c19-10-2-1-5-16-13(10)17-15(23)18-14(20)9-3-4-11-12(8-9)22-7-6-21-11/h1-5,8,19H,6-7H2,(H2,16,17,18,20,23). The van der Waals surface area contributed by atoms with E-state index in [4.69, 9.17) is 21.7 Å². The van der Waals surface area contributed by atoms with Gasteiger partial charge in [-0.15, -0.1) is 0 Å². The number of benzene rings is 1. The number of carbonyl (C=O) groups is 1. The van der Waals surface area contributed by atoms with Gasteiger partial charge < -0.3 is 19.9 Å². The second kappa shape index (κ2) is 6.49. The summed E-state index contributed by atoms with van der Waals surface area (Å²) in [7, 11) is 0. The first kappa shape index (κ1) is 15.0. The number of fused-ring (bicyclic) bond motifs is 1. The lowest BCUT2D eigenvalue weighted by atomic mass is 10.2. The van der Waals surface area contributed by atoms with Crippen LogP contribution in [-0.2, 0) is 0 Å². The third-order valence-electron chi connectivity index (χ3n) is 3.05. The van der Waals surface area contributed by atoms with E-state index < -0.39 is 5.91 Å². The number of rotatable bonds is 2. The molecule has 23 heavy (non-hydrogen) atoms. The van der Waals surface area contributed by atoms with Crippen molar-refractivity contribution in [2.75, 3.05) is 18.5 Å². The van der Waals surface area contributed by atoms with Gasteiger partial charge in [-0.2, -0.15) is 0 Å². The molecule has 2 heterocycles. The number of amides is 1. The molecule has 0 saturated carbocycles. The minimum Gasteiger partial charge on any atom is -0.504 e. The van der Waals surface area contributed by atoms with Crippen molar-refractivity contribution in [2.45, 2.75) is 0 Å². The predicted molar refractivity (Wildman–Crippen MR) is 87.0 cm³/mol. The van der Waals surface area contributed by atoms with Gasteiger partial charge in [0.15, 0.2) is 28.2 Å². The number of hydrogen-bond acceptors (Lipinski definition) is 6. The molecule has 1 amide bonds. The second-order valence-corrected chi connectivity index (χ2v) is 5.05. The molecule has 3 rings (SSSR count). The fraction of sp³-hybridized carbons (Fsp3) is 0.133. The van der Waals surface area contributed by atoms with Crippen LogP contribution in [0.4, 0.5) is 5.82 Å². The maximum absolute atomic E-state index is 12.2. The Morgan fingerprint density at radius 3 is 2.78 bits per heavy atom. The number of pyridine rings is 1. The molecular formula is C15H13N3O4S. The van der Waals surface area contributed by atoms with Crippen LogP contribution in [-0.4, -0.2) is 34.3 Å². The molecular weight excluding hydrogens is 318 g/mol. The average Bonchev–Trinajstić information content (AvgIpc) is 2.56. The summed E-state index contributed by atoms with van der Waals surface area (Å²) in [6.07, 6.45) is 1.49. The molecule has 1 aromatic carbocycles. The zero-order chi connectivity index (χ0) is 16.2. The molecule has 0 spiro atoms. The van der Waals surface area contributed by atoms with Gasteiger partial charge in [0, 0.05) is 11.8 Å². The minimum atomic E-state index is -0.408. The van der Waals surface area contributed by atoms with Gasteiger partial charge >= 0.3 is 0 Å². The highest BCUT2D eigenvalue weighted by atomic mass is 32.1. The number of ether oxygens (including phenoxy) is 2. The summed E-state index contributed by atoms with van der Waals surface area (Å²) in [5, 5.41) is 14.8. The van der Waals surface area contributed by atoms with Crippen LogP contribution in [0.15, 0.2) is 36.5 Å². The average molecular weight is 331 g/mol. The highest BCUT2D eigenvalue weighted by Crippen LogP contribution is 2.30. The molecule has 1 aliphatic rings. The summed E-state index contributed by atoms with van der Waals surface area (Å²) in [6, 6.07) is 7.91. The topological polar surface area (TPSA) is 92.7 Å². The van der Waals surface area contributed by atoms with Crippen LogP contribution in [0, 0.1) is 0 Å². The number of aromatic nitrogens is 1. The Morgan fingerprint density at radius 2 is 2.00 bits per heavy atom. The monoisotopic (exact) mass is 331 g/mol. The molecule has 7 nitrogen and oxygen atoms in total. The number of thiocarbonyl (C=S) groups is 1. The Kier molecular flexibility index (Phi) is 4.24. The molecule has 0 fully saturated rings. The Hall–Kier alpha value is -2.87. The SMILES string of the molecule is O=C(NC(=S)Nc1ncccc1O)c1ccc2c(c1)OCCO2. The Labute approximate surface area is 137 Å². The largest absolute Gasteiger partial charge is 0.504 e. The van der Waals surface area contributed by atoms with Gasteiger partial charge in [0.25, 0.3) is 5.91 Å². The molecule has 0 saturated heterocycles. The first-order valence-corrected chi connectivity index (χ1v) is 7.20. The van der Waals surface area contributed by atoms with E-state index in [9.17, 15) is 9.90 Å². The van der Waals surface area contributed by atoms with Gasteiger partial charge in [0.2, 0.25) is 0 Å². The fourth-order valence-electron chi connectivity index (χ4n) is 1.99. The van der Waals surface area contributed by atoms with Gasteiger partial charge in [-0.1, -0.05) is 0 Å². The summed E-state index contributed by atoms with van der Waals surface area (Å²) in [5.41, 5.74) is 0.378. The second-order valence-electron chi connectivity index (χ2n) is 4.64. The predicted octanol–water partition coefficient (Wildman–Crippen LogP) is 1.69. The highest BCUT2D eigenvalue weighted by Gasteiger charge is 2.16. The number of aromatic hydroxyl groups is 1. The van der Waals surface area contributed by atoms with Crippen LogP contribution in [0.25, 0.3) is 0 Å². The molecule has 0 atom stereocenters. The Morgan fingerprint density at radius 1 is 1.22 bits per heavy atom. The molecule has 0 radical (unpaired) electrons. The smallest absolute Gasteiger partial charge is 0.257 e. The van der Waals surface area contributed by atoms with E-state index in [1.807, 2.05) is 0 Å². The van der Waals surface area contributed by atoms with Crippen molar-refractivity contribution in [1.82, 2.24) is 10.3 Å². The molecule has 118 valence electrons. The third kappa shape index (κ3) is 3.49. The summed E-state index contributed by atoms with van der Waals surface area (Å²) < 4.78 is 10.8. The lowest BCUT2D eigenvalue weighted by Gasteiger charge is -2.18. The molecule has 3 N–H and O–H groups in total. The molecule has 8 heteroatoms. The van der Waals surface area contributed by atoms with Gasteiger partial charge in [0.05, 0.1) is 0 Å². The van der Waals surface area contributed by atoms with Crippen molar-refractivity contribution in [2.24, 2.45) is 0 Å². The van der Waals surface area contributed by atoms with Crippen LogP contribution in [0.5, 0.6) is 17.2 Å². The summed E-state index contributed by atoms with van der Waals surface area (Å²) in [5.74, 6) is 0.815. The summed E-state index contributed by atoms with van der Waals surface area (Å²) in [4.78, 5) is 16.1. The van der Waals surface area contributed by atoms with Crippen molar-refractivity contribution < 1.29 is 19.4 Å². The van der Waals surface area contributed by atoms with Crippen LogP contribution in [0.2, 0.25) is 0 Å². The van der Waals surface area contributed by atoms with Crippen molar-refractivity contribution in [3.8, 4) is 17.2 Å². The van der Waals surface area contributed by atoms with Crippen LogP contribution < -0.4 is 20.1 Å². The van der Waals surface area contributed by atoms with Crippen molar-refractivity contribution in [3.05, 3.63) is 42.1 Å². The minimum absolute atomic E-state index is 0.0267. The van der Waals surface area contributed by atoms with E-state index in [0.29, 0.717) is 30.3 Å². The van der Waals surface area contributed by atoms with E-state index in [1.54, 1.807) is 24.3 Å². The maximum Gasteiger partial charge on any atom is 0.257 e. The zero-order valence-electron chi connectivity index (χ0n) is 11.9. The molecule has 0 unspecified atom stereocenters. The zero-order valence-corrected chi connectivity index (χ0v) is 12.7. The lowest BCUT2D eigenvalue weighted by molar-refractivity contribution is 0.0976. The number of nitrogens with one attached hydrogen (secondary N) is 2. The van der Waals surface area contributed by atoms with Gasteiger partial charge in [-0.3, -0.25) is 10.1 Å². The van der Waals surface area contributed by atoms with Gasteiger partial charge in [-0.05, 0) is 42.5 Å². The normalized spacial score (nSPS) is 12.3. The van der Waals surface area contributed by atoms with Crippen LogP contribution in [0.1, 0.15) is 10.4 Å². The van der Waals surface area contributed by atoms with E-state index in [-0.39, 0.29) is 16.7 Å². The number of anilines is 1. The van der Waals surface area contributed by atoms with Gasteiger partial charge in [-0.25, -0.2) is 4.98 Å². The van der Waals surface area contributed by atoms with Gasteiger partial charge in [0.1, 0.15) is 13.2 Å². The third-order valence-corrected chi connectivity index (χ3v) is 3.25. The quantitative estimate of drug-likeness (QED) is 0.721. The molecule has 1 aromatic heterocycles. The number of hydrogen-bond donors (Lipinski definition) is 3. The summed E-state index contributed by atoms with van der Waals surface area (Å²) >= 11 is 5.04. The first-order chi connectivity index (χ1) is 11.1. The van der Waals surface area contributed by atoms with E-state index in [0.717, 1.165) is 0 Å². The van der Waals surface area contributed by atoms with E-state index in [2.05, 4.69) is 15.6 Å². The molecule has 0 aliphatic carbocycles. The van der Waals surface area contributed by atoms with Crippen LogP contribution >= 0.6 is 12.2 Å². The Bertz CT molecular complexity index is 766. The Balaban J connectivity index is 1.67. The number of nitrogens with zero attached hydrogens (tertiary/aromatic N) is 1. The fourth-order valence-corrected chi connectivity index (χ4v) is 2.18. The first-order valence-electron chi connectivity index (χ1n) is 6.79. The summed E-state index contributed by atoms with van der Waals surface area (Å²) in [6.45, 7) is 0.928. The van der Waals surface area contributed by atoms with E-state index >= 15 is 0 Å². The maximum atomic E-state index is 12.2. The molecule has 1 aliphatic heterocycles. The van der Waals surface area contributed by atoms with Crippen LogP contribution in [0.3, 0.4) is 0 Å². The van der Waals surface area contributed by atoms with Crippen molar-refractivity contribution in [1.29, 1.82) is 0 Å². The van der Waals surface area contributed by atoms with Crippen molar-refractivity contribution >= 4 is 29.1 Å².